The summed E-state index contributed by atoms with van der Waals surface area (Å²) in [4.78, 5) is 16.1. The van der Waals surface area contributed by atoms with Crippen LogP contribution >= 0.6 is 0 Å². The van der Waals surface area contributed by atoms with Crippen LogP contribution in [-0.2, 0) is 11.3 Å². The van der Waals surface area contributed by atoms with Crippen LogP contribution in [0.5, 0.6) is 0 Å². The number of pyridine rings is 1. The topological polar surface area (TPSA) is 42.0 Å². The van der Waals surface area contributed by atoms with Crippen molar-refractivity contribution >= 4 is 5.91 Å². The Morgan fingerprint density at radius 2 is 2.28 bits per heavy atom. The van der Waals surface area contributed by atoms with Crippen LogP contribution in [0.3, 0.4) is 0 Å². The van der Waals surface area contributed by atoms with Crippen LogP contribution in [0.25, 0.3) is 0 Å². The molecule has 0 aliphatic heterocycles. The lowest BCUT2D eigenvalue weighted by molar-refractivity contribution is -0.122. The van der Waals surface area contributed by atoms with E-state index in [2.05, 4.69) is 10.3 Å². The number of amides is 1. The molecule has 3 nitrogen and oxygen atoms in total. The Kier molecular flexibility index (Phi) is 3.31. The summed E-state index contributed by atoms with van der Waals surface area (Å²) in [5.74, 6) is 2.59. The first kappa shape index (κ1) is 11.7. The Morgan fingerprint density at radius 1 is 1.33 bits per heavy atom. The van der Waals surface area contributed by atoms with E-state index in [1.54, 1.807) is 6.20 Å². The van der Waals surface area contributed by atoms with E-state index >= 15 is 0 Å². The van der Waals surface area contributed by atoms with E-state index in [1.807, 2.05) is 18.2 Å². The third-order valence-corrected chi connectivity index (χ3v) is 4.52. The van der Waals surface area contributed by atoms with Crippen molar-refractivity contribution < 1.29 is 4.79 Å². The SMILES string of the molecule is O=C(C[C@@H]1C[C@H]2CC[C@H]1C2)NCc1ccccn1. The molecule has 0 radical (unpaired) electrons. The average Bonchev–Trinajstić information content (AvgIpc) is 3.00. The highest BCUT2D eigenvalue weighted by Gasteiger charge is 2.39. The van der Waals surface area contributed by atoms with Gasteiger partial charge < -0.3 is 5.32 Å². The fourth-order valence-corrected chi connectivity index (χ4v) is 3.63. The van der Waals surface area contributed by atoms with Gasteiger partial charge in [-0.2, -0.15) is 0 Å². The Labute approximate surface area is 108 Å². The summed E-state index contributed by atoms with van der Waals surface area (Å²) in [5, 5.41) is 2.98. The average molecular weight is 244 g/mol. The fourth-order valence-electron chi connectivity index (χ4n) is 3.63. The van der Waals surface area contributed by atoms with Crippen LogP contribution < -0.4 is 5.32 Å². The van der Waals surface area contributed by atoms with E-state index < -0.39 is 0 Å². The molecule has 3 heteroatoms. The monoisotopic (exact) mass is 244 g/mol. The molecule has 2 fully saturated rings. The van der Waals surface area contributed by atoms with Crippen molar-refractivity contribution in [3.05, 3.63) is 30.1 Å². The lowest BCUT2D eigenvalue weighted by Crippen LogP contribution is -2.27. The van der Waals surface area contributed by atoms with Crippen LogP contribution in [0.15, 0.2) is 24.4 Å². The molecule has 0 aromatic carbocycles. The summed E-state index contributed by atoms with van der Waals surface area (Å²) in [5.41, 5.74) is 0.929. The lowest BCUT2D eigenvalue weighted by Gasteiger charge is -2.20. The van der Waals surface area contributed by atoms with Crippen LogP contribution in [0, 0.1) is 17.8 Å². The summed E-state index contributed by atoms with van der Waals surface area (Å²) < 4.78 is 0. The zero-order valence-corrected chi connectivity index (χ0v) is 10.6. The molecular formula is C15H20N2O. The molecule has 1 aromatic heterocycles. The minimum Gasteiger partial charge on any atom is -0.350 e. The summed E-state index contributed by atoms with van der Waals surface area (Å²) >= 11 is 0. The van der Waals surface area contributed by atoms with E-state index in [9.17, 15) is 4.79 Å². The number of nitrogens with one attached hydrogen (secondary N) is 1. The maximum absolute atomic E-state index is 11.9. The van der Waals surface area contributed by atoms with Crippen molar-refractivity contribution in [1.29, 1.82) is 0 Å². The van der Waals surface area contributed by atoms with Crippen molar-refractivity contribution in [1.82, 2.24) is 10.3 Å². The largest absolute Gasteiger partial charge is 0.350 e. The second-order valence-electron chi connectivity index (χ2n) is 5.74. The molecule has 2 aliphatic carbocycles. The van der Waals surface area contributed by atoms with Crippen LogP contribution in [0.1, 0.15) is 37.8 Å². The summed E-state index contributed by atoms with van der Waals surface area (Å²) in [6, 6.07) is 5.78. The highest BCUT2D eigenvalue weighted by atomic mass is 16.1. The number of carbonyl (C=O) groups excluding carboxylic acids is 1. The molecule has 1 amide bonds. The molecule has 2 saturated carbocycles. The number of hydrogen-bond acceptors (Lipinski definition) is 2. The Bertz CT molecular complexity index is 418. The van der Waals surface area contributed by atoms with Gasteiger partial charge in [-0.25, -0.2) is 0 Å². The quantitative estimate of drug-likeness (QED) is 0.884. The molecule has 1 heterocycles. The third kappa shape index (κ3) is 2.55. The van der Waals surface area contributed by atoms with Gasteiger partial charge >= 0.3 is 0 Å². The molecule has 0 saturated heterocycles. The van der Waals surface area contributed by atoms with Crippen molar-refractivity contribution in [3.8, 4) is 0 Å². The van der Waals surface area contributed by atoms with Gasteiger partial charge in [0.2, 0.25) is 5.91 Å². The minimum absolute atomic E-state index is 0.193. The Morgan fingerprint density at radius 3 is 2.94 bits per heavy atom. The molecule has 0 unspecified atom stereocenters. The summed E-state index contributed by atoms with van der Waals surface area (Å²) in [6.07, 6.45) is 7.88. The number of rotatable bonds is 4. The number of carbonyl (C=O) groups is 1. The molecule has 3 rings (SSSR count). The molecule has 96 valence electrons. The normalized spacial score (nSPS) is 29.4. The maximum Gasteiger partial charge on any atom is 0.220 e. The van der Waals surface area contributed by atoms with Crippen molar-refractivity contribution in [2.45, 2.75) is 38.6 Å². The van der Waals surface area contributed by atoms with Gasteiger partial charge in [0.1, 0.15) is 0 Å². The first-order valence-corrected chi connectivity index (χ1v) is 6.98. The van der Waals surface area contributed by atoms with E-state index in [1.165, 1.54) is 25.7 Å². The van der Waals surface area contributed by atoms with E-state index in [0.717, 1.165) is 17.5 Å². The molecule has 3 atom stereocenters. The molecule has 18 heavy (non-hydrogen) atoms. The van der Waals surface area contributed by atoms with Gasteiger partial charge in [0.25, 0.3) is 0 Å². The molecule has 2 aliphatic rings. The molecule has 1 N–H and O–H groups in total. The fraction of sp³-hybridized carbons (Fsp3) is 0.600. The molecule has 0 spiro atoms. The standard InChI is InChI=1S/C15H20N2O/c18-15(17-10-14-3-1-2-6-16-14)9-13-8-11-4-5-12(13)7-11/h1-3,6,11-13H,4-5,7-10H2,(H,17,18)/t11-,12-,13-/m0/s1. The number of aromatic nitrogens is 1. The first-order valence-electron chi connectivity index (χ1n) is 6.98. The summed E-state index contributed by atoms with van der Waals surface area (Å²) in [7, 11) is 0. The second-order valence-corrected chi connectivity index (χ2v) is 5.74. The van der Waals surface area contributed by atoms with Gasteiger partial charge in [0, 0.05) is 12.6 Å². The van der Waals surface area contributed by atoms with Crippen LogP contribution in [-0.4, -0.2) is 10.9 Å². The van der Waals surface area contributed by atoms with Gasteiger partial charge in [0.15, 0.2) is 0 Å². The van der Waals surface area contributed by atoms with Crippen molar-refractivity contribution in [2.75, 3.05) is 0 Å². The van der Waals surface area contributed by atoms with Crippen molar-refractivity contribution in [3.63, 3.8) is 0 Å². The zero-order chi connectivity index (χ0) is 12.4. The number of nitrogens with zero attached hydrogens (tertiary/aromatic N) is 1. The van der Waals surface area contributed by atoms with Gasteiger partial charge in [-0.1, -0.05) is 12.5 Å². The first-order chi connectivity index (χ1) is 8.81. The zero-order valence-electron chi connectivity index (χ0n) is 10.6. The van der Waals surface area contributed by atoms with E-state index in [4.69, 9.17) is 0 Å². The predicted molar refractivity (Wildman–Crippen MR) is 69.6 cm³/mol. The number of hydrogen-bond donors (Lipinski definition) is 1. The smallest absolute Gasteiger partial charge is 0.220 e. The minimum atomic E-state index is 0.193. The van der Waals surface area contributed by atoms with Gasteiger partial charge in [-0.05, 0) is 49.1 Å². The van der Waals surface area contributed by atoms with Crippen LogP contribution in [0.2, 0.25) is 0 Å². The highest BCUT2D eigenvalue weighted by molar-refractivity contribution is 5.76. The van der Waals surface area contributed by atoms with E-state index in [-0.39, 0.29) is 5.91 Å². The summed E-state index contributed by atoms with van der Waals surface area (Å²) in [6.45, 7) is 0.556. The van der Waals surface area contributed by atoms with E-state index in [0.29, 0.717) is 18.9 Å². The predicted octanol–water partition coefficient (Wildman–Crippen LogP) is 2.52. The lowest BCUT2D eigenvalue weighted by atomic mass is 9.86. The molecule has 1 aromatic rings. The second kappa shape index (κ2) is 5.09. The van der Waals surface area contributed by atoms with Gasteiger partial charge in [-0.3, -0.25) is 9.78 Å². The third-order valence-electron chi connectivity index (χ3n) is 4.52. The van der Waals surface area contributed by atoms with Crippen LogP contribution in [0.4, 0.5) is 0 Å². The maximum atomic E-state index is 11.9. The molecule has 2 bridgehead atoms. The number of fused-ring (bicyclic) bond motifs is 2. The Balaban J connectivity index is 1.45. The highest BCUT2D eigenvalue weighted by Crippen LogP contribution is 2.49. The van der Waals surface area contributed by atoms with Crippen molar-refractivity contribution in [2.24, 2.45) is 17.8 Å². The van der Waals surface area contributed by atoms with Gasteiger partial charge in [-0.15, -0.1) is 0 Å². The Hall–Kier alpha value is -1.38. The molecular weight excluding hydrogens is 224 g/mol. The van der Waals surface area contributed by atoms with Gasteiger partial charge in [0.05, 0.1) is 12.2 Å².